The van der Waals surface area contributed by atoms with Crippen LogP contribution in [0.4, 0.5) is 5.82 Å². The highest BCUT2D eigenvalue weighted by Gasteiger charge is 2.09. The largest absolute Gasteiger partial charge is 0.370 e. The average molecular weight is 240 g/mol. The van der Waals surface area contributed by atoms with Gasteiger partial charge in [-0.1, -0.05) is 23.2 Å². The molecule has 13 heavy (non-hydrogen) atoms. The Labute approximate surface area is 88.7 Å². The lowest BCUT2D eigenvalue weighted by atomic mass is 10.6. The maximum absolute atomic E-state index is 5.68. The van der Waals surface area contributed by atoms with E-state index >= 15 is 0 Å². The standard InChI is InChI=1S/C5H4Cl3N5/c6-1-2(7)11-4(8)12-3(1)13-5(9)10/h(H4,9,10,11,12,13). The van der Waals surface area contributed by atoms with E-state index in [1.54, 1.807) is 0 Å². The van der Waals surface area contributed by atoms with Crippen LogP contribution in [-0.4, -0.2) is 15.9 Å². The monoisotopic (exact) mass is 239 g/mol. The van der Waals surface area contributed by atoms with Crippen LogP contribution in [-0.2, 0) is 0 Å². The number of aromatic nitrogens is 2. The molecule has 5 nitrogen and oxygen atoms in total. The molecule has 0 spiro atoms. The molecular weight excluding hydrogens is 236 g/mol. The van der Waals surface area contributed by atoms with Gasteiger partial charge in [0.05, 0.1) is 0 Å². The summed E-state index contributed by atoms with van der Waals surface area (Å²) in [5.74, 6) is -0.139. The first kappa shape index (κ1) is 10.3. The zero-order valence-corrected chi connectivity index (χ0v) is 8.40. The van der Waals surface area contributed by atoms with Crippen LogP contribution in [0.3, 0.4) is 0 Å². The van der Waals surface area contributed by atoms with Crippen molar-refractivity contribution in [1.29, 1.82) is 0 Å². The van der Waals surface area contributed by atoms with Crippen LogP contribution < -0.4 is 11.5 Å². The Morgan fingerprint density at radius 3 is 2.31 bits per heavy atom. The van der Waals surface area contributed by atoms with Gasteiger partial charge in [0.25, 0.3) is 0 Å². The van der Waals surface area contributed by atoms with E-state index in [-0.39, 0.29) is 27.2 Å². The summed E-state index contributed by atoms with van der Waals surface area (Å²) in [6.07, 6.45) is 0. The quantitative estimate of drug-likeness (QED) is 0.335. The van der Waals surface area contributed by atoms with E-state index in [4.69, 9.17) is 46.3 Å². The van der Waals surface area contributed by atoms with Crippen LogP contribution in [0.15, 0.2) is 4.99 Å². The van der Waals surface area contributed by atoms with E-state index in [2.05, 4.69) is 15.0 Å². The Kier molecular flexibility index (Phi) is 3.13. The first-order valence-corrected chi connectivity index (χ1v) is 4.12. The van der Waals surface area contributed by atoms with E-state index < -0.39 is 0 Å². The van der Waals surface area contributed by atoms with Gasteiger partial charge in [-0.3, -0.25) is 0 Å². The minimum absolute atomic E-state index is 0.00154. The van der Waals surface area contributed by atoms with Gasteiger partial charge >= 0.3 is 0 Å². The van der Waals surface area contributed by atoms with Gasteiger partial charge in [0.15, 0.2) is 16.9 Å². The molecule has 0 atom stereocenters. The smallest absolute Gasteiger partial charge is 0.225 e. The lowest BCUT2D eigenvalue weighted by molar-refractivity contribution is 1.15. The molecule has 0 fully saturated rings. The van der Waals surface area contributed by atoms with Crippen molar-refractivity contribution in [2.24, 2.45) is 16.5 Å². The van der Waals surface area contributed by atoms with Gasteiger partial charge < -0.3 is 11.5 Å². The fraction of sp³-hybridized carbons (Fsp3) is 0. The summed E-state index contributed by atoms with van der Waals surface area (Å²) in [5.41, 5.74) is 10.2. The summed E-state index contributed by atoms with van der Waals surface area (Å²) in [7, 11) is 0. The molecule has 0 aromatic carbocycles. The summed E-state index contributed by atoms with van der Waals surface area (Å²) in [4.78, 5) is 10.8. The predicted octanol–water partition coefficient (Wildman–Crippen LogP) is 1.34. The maximum Gasteiger partial charge on any atom is 0.225 e. The average Bonchev–Trinajstić information content (AvgIpc) is 1.98. The van der Waals surface area contributed by atoms with Crippen molar-refractivity contribution < 1.29 is 0 Å². The molecule has 0 aliphatic carbocycles. The number of nitrogens with two attached hydrogens (primary N) is 2. The SMILES string of the molecule is NC(N)=Nc1nc(Cl)nc(Cl)c1Cl. The Morgan fingerprint density at radius 1 is 1.15 bits per heavy atom. The molecule has 0 radical (unpaired) electrons. The first-order valence-electron chi connectivity index (χ1n) is 2.99. The summed E-state index contributed by atoms with van der Waals surface area (Å²) < 4.78 is 0. The highest BCUT2D eigenvalue weighted by Crippen LogP contribution is 2.29. The third kappa shape index (κ3) is 2.58. The summed E-state index contributed by atoms with van der Waals surface area (Å²) in [6.45, 7) is 0. The molecule has 1 rings (SSSR count). The van der Waals surface area contributed by atoms with Crippen LogP contribution in [0.25, 0.3) is 0 Å². The number of halogens is 3. The number of hydrogen-bond donors (Lipinski definition) is 2. The molecule has 1 aromatic rings. The number of rotatable bonds is 1. The molecule has 70 valence electrons. The molecule has 0 amide bonds. The molecule has 0 aliphatic rings. The van der Waals surface area contributed by atoms with Crippen LogP contribution in [0.5, 0.6) is 0 Å². The summed E-state index contributed by atoms with van der Waals surface area (Å²) >= 11 is 16.7. The summed E-state index contributed by atoms with van der Waals surface area (Å²) in [6, 6.07) is 0. The summed E-state index contributed by atoms with van der Waals surface area (Å²) in [5, 5.41) is -0.0180. The molecule has 4 N–H and O–H groups in total. The molecule has 1 aromatic heterocycles. The Hall–Kier alpha value is -0.780. The van der Waals surface area contributed by atoms with E-state index in [0.29, 0.717) is 0 Å². The highest BCUT2D eigenvalue weighted by molar-refractivity contribution is 6.43. The van der Waals surface area contributed by atoms with Crippen molar-refractivity contribution >= 4 is 46.6 Å². The number of nitrogens with zero attached hydrogens (tertiary/aromatic N) is 3. The van der Waals surface area contributed by atoms with Crippen molar-refractivity contribution in [3.05, 3.63) is 15.5 Å². The van der Waals surface area contributed by atoms with Crippen molar-refractivity contribution in [3.63, 3.8) is 0 Å². The molecule has 0 saturated heterocycles. The van der Waals surface area contributed by atoms with Crippen LogP contribution in [0, 0.1) is 0 Å². The fourth-order valence-electron chi connectivity index (χ4n) is 0.580. The second-order valence-electron chi connectivity index (χ2n) is 1.96. The molecule has 0 aliphatic heterocycles. The molecule has 0 unspecified atom stereocenters. The Morgan fingerprint density at radius 2 is 1.77 bits per heavy atom. The van der Waals surface area contributed by atoms with Crippen molar-refractivity contribution in [1.82, 2.24) is 9.97 Å². The van der Waals surface area contributed by atoms with Gasteiger partial charge in [-0.05, 0) is 11.6 Å². The Bertz CT molecular complexity index is 359. The minimum Gasteiger partial charge on any atom is -0.370 e. The van der Waals surface area contributed by atoms with Gasteiger partial charge in [0.1, 0.15) is 5.02 Å². The van der Waals surface area contributed by atoms with Crippen LogP contribution in [0.1, 0.15) is 0 Å². The molecular formula is C5H4Cl3N5. The van der Waals surface area contributed by atoms with E-state index in [9.17, 15) is 0 Å². The molecule has 1 heterocycles. The number of guanidine groups is 1. The highest BCUT2D eigenvalue weighted by atomic mass is 35.5. The van der Waals surface area contributed by atoms with E-state index in [1.807, 2.05) is 0 Å². The molecule has 8 heteroatoms. The second-order valence-corrected chi connectivity index (χ2v) is 3.03. The predicted molar refractivity (Wildman–Crippen MR) is 52.5 cm³/mol. The van der Waals surface area contributed by atoms with Crippen LogP contribution in [0.2, 0.25) is 15.5 Å². The van der Waals surface area contributed by atoms with Gasteiger partial charge in [0, 0.05) is 0 Å². The van der Waals surface area contributed by atoms with Crippen molar-refractivity contribution in [2.75, 3.05) is 0 Å². The fourth-order valence-corrected chi connectivity index (χ4v) is 1.08. The number of aliphatic imine (C=N–C) groups is 1. The van der Waals surface area contributed by atoms with Crippen LogP contribution >= 0.6 is 34.8 Å². The van der Waals surface area contributed by atoms with E-state index in [0.717, 1.165) is 0 Å². The van der Waals surface area contributed by atoms with Crippen molar-refractivity contribution in [3.8, 4) is 0 Å². The topological polar surface area (TPSA) is 90.2 Å². The zero-order valence-electron chi connectivity index (χ0n) is 6.13. The molecule has 0 saturated carbocycles. The first-order chi connectivity index (χ1) is 6.00. The molecule has 0 bridgehead atoms. The Balaban J connectivity index is 3.28. The van der Waals surface area contributed by atoms with E-state index in [1.165, 1.54) is 0 Å². The second kappa shape index (κ2) is 3.95. The van der Waals surface area contributed by atoms with Gasteiger partial charge in [-0.2, -0.15) is 9.98 Å². The third-order valence-electron chi connectivity index (χ3n) is 1.00. The maximum atomic E-state index is 5.68. The van der Waals surface area contributed by atoms with Gasteiger partial charge in [-0.15, -0.1) is 0 Å². The van der Waals surface area contributed by atoms with Crippen molar-refractivity contribution in [2.45, 2.75) is 0 Å². The number of hydrogen-bond acceptors (Lipinski definition) is 3. The van der Waals surface area contributed by atoms with Gasteiger partial charge in [0.2, 0.25) is 5.28 Å². The zero-order chi connectivity index (χ0) is 10.0. The normalized spacial score (nSPS) is 9.77. The van der Waals surface area contributed by atoms with Gasteiger partial charge in [-0.25, -0.2) is 4.98 Å². The lowest BCUT2D eigenvalue weighted by Crippen LogP contribution is -2.22. The third-order valence-corrected chi connectivity index (χ3v) is 1.89. The lowest BCUT2D eigenvalue weighted by Gasteiger charge is -1.99. The minimum atomic E-state index is -0.187.